The van der Waals surface area contributed by atoms with E-state index in [0.717, 1.165) is 25.7 Å². The van der Waals surface area contributed by atoms with Crippen LogP contribution in [0.25, 0.3) is 0 Å². The largest absolute Gasteiger partial charge is 0.465 e. The van der Waals surface area contributed by atoms with Gasteiger partial charge in [-0.25, -0.2) is 0 Å². The molecule has 0 saturated carbocycles. The molecular weight excluding hydrogens is 368 g/mol. The number of hydrogen-bond acceptors (Lipinski definition) is 6. The molecule has 0 aliphatic rings. The number of ether oxygens (including phenoxy) is 2. The minimum absolute atomic E-state index is 0.198. The molecule has 0 bridgehead atoms. The molecule has 26 heavy (non-hydrogen) atoms. The average Bonchev–Trinajstić information content (AvgIpc) is 2.65. The summed E-state index contributed by atoms with van der Waals surface area (Å²) in [6, 6.07) is 0. The predicted octanol–water partition coefficient (Wildman–Crippen LogP) is 5.89. The zero-order valence-electron chi connectivity index (χ0n) is 17.1. The minimum Gasteiger partial charge on any atom is -0.465 e. The molecule has 0 heterocycles. The molecule has 6 heteroatoms. The van der Waals surface area contributed by atoms with Crippen LogP contribution in [0, 0.1) is 11.8 Å². The molecule has 154 valence electrons. The molecule has 0 rings (SSSR count). The quantitative estimate of drug-likeness (QED) is 0.171. The maximum absolute atomic E-state index is 11.8. The van der Waals surface area contributed by atoms with E-state index in [1.807, 2.05) is 0 Å². The Balaban J connectivity index is 3.73. The highest BCUT2D eigenvalue weighted by Gasteiger charge is 2.12. The van der Waals surface area contributed by atoms with Gasteiger partial charge in [0.2, 0.25) is 0 Å². The molecule has 0 radical (unpaired) electrons. The van der Waals surface area contributed by atoms with E-state index in [9.17, 15) is 9.59 Å². The van der Waals surface area contributed by atoms with Gasteiger partial charge in [-0.1, -0.05) is 87.8 Å². The van der Waals surface area contributed by atoms with Crippen LogP contribution in [0.15, 0.2) is 0 Å². The van der Waals surface area contributed by atoms with Gasteiger partial charge in [-0.2, -0.15) is 0 Å². The molecule has 4 nitrogen and oxygen atoms in total. The third-order valence-electron chi connectivity index (χ3n) is 4.48. The number of carbonyl (C=O) groups excluding carboxylic acids is 2. The monoisotopic (exact) mass is 406 g/mol. The maximum atomic E-state index is 11.8. The fourth-order valence-electron chi connectivity index (χ4n) is 2.48. The summed E-state index contributed by atoms with van der Waals surface area (Å²) >= 11 is 0. The lowest BCUT2D eigenvalue weighted by atomic mass is 10.0. The standard InChI is InChI=1S/C20H38O4S2/c1-5-9-11-17(7-3)13-23-19(21)15-25-26-16-20(22)24-14-18(8-4)12-10-6-2/h17-18H,5-16H2,1-4H3/t17-,18+. The Labute approximate surface area is 168 Å². The summed E-state index contributed by atoms with van der Waals surface area (Å²) in [6.07, 6.45) is 9.02. The summed E-state index contributed by atoms with van der Waals surface area (Å²) in [7, 11) is 2.72. The van der Waals surface area contributed by atoms with Crippen molar-refractivity contribution in [3.05, 3.63) is 0 Å². The Kier molecular flexibility index (Phi) is 17.8. The molecule has 0 N–H and O–H groups in total. The molecular formula is C20H38O4S2. The normalized spacial score (nSPS) is 13.2. The molecule has 0 aromatic rings. The van der Waals surface area contributed by atoms with Crippen molar-refractivity contribution in [3.63, 3.8) is 0 Å². The Bertz CT molecular complexity index is 330. The highest BCUT2D eigenvalue weighted by Crippen LogP contribution is 2.22. The SMILES string of the molecule is CCCC[C@@H](CC)COC(=O)CSSCC(=O)OC[C@@H](CC)CCCC. The topological polar surface area (TPSA) is 52.6 Å². The maximum Gasteiger partial charge on any atom is 0.316 e. The van der Waals surface area contributed by atoms with E-state index >= 15 is 0 Å². The van der Waals surface area contributed by atoms with Crippen LogP contribution in [-0.4, -0.2) is 36.7 Å². The zero-order valence-corrected chi connectivity index (χ0v) is 18.7. The van der Waals surface area contributed by atoms with Gasteiger partial charge in [0.25, 0.3) is 0 Å². The van der Waals surface area contributed by atoms with Crippen LogP contribution in [0.2, 0.25) is 0 Å². The van der Waals surface area contributed by atoms with Gasteiger partial charge in [0.1, 0.15) is 11.5 Å². The molecule has 0 fully saturated rings. The third-order valence-corrected chi connectivity index (χ3v) is 6.56. The molecule has 0 aromatic heterocycles. The second-order valence-electron chi connectivity index (χ2n) is 6.72. The van der Waals surface area contributed by atoms with Crippen LogP contribution >= 0.6 is 21.6 Å². The zero-order chi connectivity index (χ0) is 19.6. The van der Waals surface area contributed by atoms with Gasteiger partial charge in [-0.05, 0) is 24.7 Å². The van der Waals surface area contributed by atoms with Crippen molar-refractivity contribution >= 4 is 33.5 Å². The van der Waals surface area contributed by atoms with E-state index < -0.39 is 0 Å². The van der Waals surface area contributed by atoms with Crippen molar-refractivity contribution in [2.24, 2.45) is 11.8 Å². The van der Waals surface area contributed by atoms with Gasteiger partial charge in [0, 0.05) is 0 Å². The molecule has 0 spiro atoms. The first kappa shape index (κ1) is 25.6. The first-order valence-electron chi connectivity index (χ1n) is 10.1. The van der Waals surface area contributed by atoms with E-state index in [0.29, 0.717) is 25.0 Å². The lowest BCUT2D eigenvalue weighted by Gasteiger charge is -2.15. The first-order valence-corrected chi connectivity index (χ1v) is 12.6. The van der Waals surface area contributed by atoms with Crippen molar-refractivity contribution in [2.45, 2.75) is 79.1 Å². The van der Waals surface area contributed by atoms with E-state index in [1.54, 1.807) is 0 Å². The smallest absolute Gasteiger partial charge is 0.316 e. The van der Waals surface area contributed by atoms with Crippen LogP contribution in [0.3, 0.4) is 0 Å². The summed E-state index contributed by atoms with van der Waals surface area (Å²) in [5.41, 5.74) is 0. The summed E-state index contributed by atoms with van der Waals surface area (Å²) < 4.78 is 10.7. The molecule has 0 aliphatic heterocycles. The van der Waals surface area contributed by atoms with Crippen molar-refractivity contribution in [3.8, 4) is 0 Å². The summed E-state index contributed by atoms with van der Waals surface area (Å²) in [4.78, 5) is 23.5. The summed E-state index contributed by atoms with van der Waals surface area (Å²) in [5, 5.41) is 0. The van der Waals surface area contributed by atoms with Gasteiger partial charge in [0.05, 0.1) is 13.2 Å². The van der Waals surface area contributed by atoms with E-state index in [-0.39, 0.29) is 23.4 Å². The van der Waals surface area contributed by atoms with Gasteiger partial charge in [-0.15, -0.1) is 0 Å². The summed E-state index contributed by atoms with van der Waals surface area (Å²) in [5.74, 6) is 1.08. The van der Waals surface area contributed by atoms with Crippen molar-refractivity contribution in [2.75, 3.05) is 24.7 Å². The molecule has 0 amide bonds. The van der Waals surface area contributed by atoms with Crippen molar-refractivity contribution in [1.29, 1.82) is 0 Å². The summed E-state index contributed by atoms with van der Waals surface area (Å²) in [6.45, 7) is 9.64. The lowest BCUT2D eigenvalue weighted by molar-refractivity contribution is -0.142. The van der Waals surface area contributed by atoms with Gasteiger partial charge < -0.3 is 9.47 Å². The van der Waals surface area contributed by atoms with E-state index in [2.05, 4.69) is 27.7 Å². The van der Waals surface area contributed by atoms with Gasteiger partial charge in [0.15, 0.2) is 0 Å². The minimum atomic E-state index is -0.198. The van der Waals surface area contributed by atoms with Crippen LogP contribution in [0.1, 0.15) is 79.1 Å². The molecule has 0 saturated heterocycles. The molecule has 2 atom stereocenters. The van der Waals surface area contributed by atoms with Crippen LogP contribution in [-0.2, 0) is 19.1 Å². The number of esters is 2. The number of carbonyl (C=O) groups is 2. The Hall–Kier alpha value is -0.360. The fraction of sp³-hybridized carbons (Fsp3) is 0.900. The Morgan fingerprint density at radius 3 is 1.42 bits per heavy atom. The molecule has 0 aliphatic carbocycles. The van der Waals surface area contributed by atoms with Crippen molar-refractivity contribution in [1.82, 2.24) is 0 Å². The van der Waals surface area contributed by atoms with Crippen LogP contribution in [0.4, 0.5) is 0 Å². The van der Waals surface area contributed by atoms with E-state index in [1.165, 1.54) is 47.3 Å². The molecule has 0 aromatic carbocycles. The second kappa shape index (κ2) is 18.0. The number of hydrogen-bond donors (Lipinski definition) is 0. The highest BCUT2D eigenvalue weighted by molar-refractivity contribution is 8.77. The van der Waals surface area contributed by atoms with E-state index in [4.69, 9.17) is 9.47 Å². The molecule has 0 unspecified atom stereocenters. The average molecular weight is 407 g/mol. The number of unbranched alkanes of at least 4 members (excludes halogenated alkanes) is 2. The van der Waals surface area contributed by atoms with Crippen LogP contribution < -0.4 is 0 Å². The third kappa shape index (κ3) is 14.8. The highest BCUT2D eigenvalue weighted by atomic mass is 33.1. The van der Waals surface area contributed by atoms with Crippen molar-refractivity contribution < 1.29 is 19.1 Å². The predicted molar refractivity (Wildman–Crippen MR) is 113 cm³/mol. The van der Waals surface area contributed by atoms with Gasteiger partial charge in [-0.3, -0.25) is 9.59 Å². The second-order valence-corrected chi connectivity index (χ2v) is 9.19. The lowest BCUT2D eigenvalue weighted by Crippen LogP contribution is -2.16. The Morgan fingerprint density at radius 1 is 0.731 bits per heavy atom. The van der Waals surface area contributed by atoms with Crippen LogP contribution in [0.5, 0.6) is 0 Å². The number of rotatable bonds is 17. The van der Waals surface area contributed by atoms with Gasteiger partial charge >= 0.3 is 11.9 Å². The first-order chi connectivity index (χ1) is 12.6. The Morgan fingerprint density at radius 2 is 1.12 bits per heavy atom. The fourth-order valence-corrected chi connectivity index (χ4v) is 4.08.